The Hall–Kier alpha value is -1.19. The molecule has 0 heterocycles. The number of benzene rings is 2. The molecule has 0 atom stereocenters. The van der Waals surface area contributed by atoms with Gasteiger partial charge in [-0.1, -0.05) is 23.7 Å². The van der Waals surface area contributed by atoms with Crippen LogP contribution in [0.4, 0.5) is 5.69 Å². The Morgan fingerprint density at radius 2 is 2.06 bits per heavy atom. The summed E-state index contributed by atoms with van der Waals surface area (Å²) in [7, 11) is 1.66. The number of hydrogen-bond donors (Lipinski definition) is 1. The van der Waals surface area contributed by atoms with E-state index >= 15 is 0 Å². The summed E-state index contributed by atoms with van der Waals surface area (Å²) in [5.41, 5.74) is 2.15. The van der Waals surface area contributed by atoms with Crippen LogP contribution >= 0.6 is 27.5 Å². The molecule has 18 heavy (non-hydrogen) atoms. The molecule has 0 saturated carbocycles. The molecule has 0 fully saturated rings. The lowest BCUT2D eigenvalue weighted by molar-refractivity contribution is 0.415. The minimum Gasteiger partial charge on any atom is -0.497 e. The number of rotatable bonds is 4. The molecule has 0 unspecified atom stereocenters. The van der Waals surface area contributed by atoms with E-state index in [4.69, 9.17) is 16.3 Å². The summed E-state index contributed by atoms with van der Waals surface area (Å²) in [6, 6.07) is 13.8. The predicted octanol–water partition coefficient (Wildman–Crippen LogP) is 4.72. The van der Waals surface area contributed by atoms with E-state index in [1.807, 2.05) is 42.5 Å². The summed E-state index contributed by atoms with van der Waals surface area (Å²) in [5.74, 6) is 0.842. The molecule has 1 N–H and O–H groups in total. The first-order chi connectivity index (χ1) is 8.69. The summed E-state index contributed by atoms with van der Waals surface area (Å²) in [5, 5.41) is 4.05. The van der Waals surface area contributed by atoms with E-state index < -0.39 is 0 Å². The minimum atomic E-state index is 0.722. The maximum atomic E-state index is 6.05. The highest BCUT2D eigenvalue weighted by atomic mass is 79.9. The number of nitrogens with one attached hydrogen (secondary N) is 1. The molecule has 2 nitrogen and oxygen atoms in total. The molecule has 4 heteroatoms. The van der Waals surface area contributed by atoms with Crippen molar-refractivity contribution in [3.8, 4) is 5.75 Å². The maximum Gasteiger partial charge on any atom is 0.120 e. The van der Waals surface area contributed by atoms with Gasteiger partial charge in [-0.05, 0) is 45.8 Å². The summed E-state index contributed by atoms with van der Waals surface area (Å²) < 4.78 is 6.09. The minimum absolute atomic E-state index is 0.722. The lowest BCUT2D eigenvalue weighted by Crippen LogP contribution is -1.99. The summed E-state index contributed by atoms with van der Waals surface area (Å²) in [4.78, 5) is 0. The monoisotopic (exact) mass is 325 g/mol. The van der Waals surface area contributed by atoms with Crippen molar-refractivity contribution in [2.75, 3.05) is 12.4 Å². The van der Waals surface area contributed by atoms with Gasteiger partial charge in [-0.15, -0.1) is 0 Å². The molecule has 0 aliphatic heterocycles. The van der Waals surface area contributed by atoms with Gasteiger partial charge in [-0.2, -0.15) is 0 Å². The number of hydrogen-bond acceptors (Lipinski definition) is 2. The molecular formula is C14H13BrClNO. The van der Waals surface area contributed by atoms with Crippen molar-refractivity contribution in [1.82, 2.24) is 0 Å². The van der Waals surface area contributed by atoms with Crippen LogP contribution in [0.25, 0.3) is 0 Å². The van der Waals surface area contributed by atoms with Crippen molar-refractivity contribution in [1.29, 1.82) is 0 Å². The standard InChI is InChI=1S/C14H13BrClNO/c1-18-12-4-2-3-11(8-12)17-9-10-5-6-13(15)14(16)7-10/h2-8,17H,9H2,1H3. The van der Waals surface area contributed by atoms with Gasteiger partial charge >= 0.3 is 0 Å². The number of halogens is 2. The average molecular weight is 327 g/mol. The van der Waals surface area contributed by atoms with Crippen molar-refractivity contribution in [3.05, 3.63) is 57.5 Å². The van der Waals surface area contributed by atoms with Gasteiger partial charge in [0.25, 0.3) is 0 Å². The van der Waals surface area contributed by atoms with Crippen LogP contribution in [0.15, 0.2) is 46.9 Å². The Bertz CT molecular complexity index is 545. The van der Waals surface area contributed by atoms with Gasteiger partial charge in [0.2, 0.25) is 0 Å². The van der Waals surface area contributed by atoms with E-state index in [1.165, 1.54) is 0 Å². The largest absolute Gasteiger partial charge is 0.497 e. The highest BCUT2D eigenvalue weighted by Gasteiger charge is 2.00. The molecule has 0 spiro atoms. The fraction of sp³-hybridized carbons (Fsp3) is 0.143. The van der Waals surface area contributed by atoms with Crippen LogP contribution < -0.4 is 10.1 Å². The molecule has 2 rings (SSSR count). The van der Waals surface area contributed by atoms with Gasteiger partial charge in [0, 0.05) is 22.8 Å². The number of anilines is 1. The van der Waals surface area contributed by atoms with Crippen molar-refractivity contribution in [2.45, 2.75) is 6.54 Å². The van der Waals surface area contributed by atoms with Crippen LogP contribution in [0.5, 0.6) is 5.75 Å². The Labute approximate surface area is 120 Å². The summed E-state index contributed by atoms with van der Waals surface area (Å²) in [6.07, 6.45) is 0. The van der Waals surface area contributed by atoms with E-state index in [0.29, 0.717) is 0 Å². The van der Waals surface area contributed by atoms with Gasteiger partial charge < -0.3 is 10.1 Å². The van der Waals surface area contributed by atoms with Crippen molar-refractivity contribution in [3.63, 3.8) is 0 Å². The average Bonchev–Trinajstić information content (AvgIpc) is 2.40. The fourth-order valence-electron chi connectivity index (χ4n) is 1.59. The molecule has 0 aliphatic rings. The van der Waals surface area contributed by atoms with Crippen LogP contribution in [-0.4, -0.2) is 7.11 Å². The second-order valence-electron chi connectivity index (χ2n) is 3.83. The molecule has 94 valence electrons. The maximum absolute atomic E-state index is 6.05. The SMILES string of the molecule is COc1cccc(NCc2ccc(Br)c(Cl)c2)c1. The van der Waals surface area contributed by atoms with Crippen molar-refractivity contribution >= 4 is 33.2 Å². The van der Waals surface area contributed by atoms with Gasteiger partial charge in [-0.3, -0.25) is 0 Å². The summed E-state index contributed by atoms with van der Waals surface area (Å²) in [6.45, 7) is 0.722. The zero-order valence-corrected chi connectivity index (χ0v) is 12.3. The van der Waals surface area contributed by atoms with Crippen LogP contribution in [0.3, 0.4) is 0 Å². The Kier molecular flexibility index (Phi) is 4.50. The molecule has 0 aromatic heterocycles. The topological polar surface area (TPSA) is 21.3 Å². The van der Waals surface area contributed by atoms with Gasteiger partial charge in [0.05, 0.1) is 12.1 Å². The molecule has 2 aromatic carbocycles. The Balaban J connectivity index is 2.04. The van der Waals surface area contributed by atoms with Crippen LogP contribution in [0.1, 0.15) is 5.56 Å². The van der Waals surface area contributed by atoms with Gasteiger partial charge in [-0.25, -0.2) is 0 Å². The molecule has 0 bridgehead atoms. The fourth-order valence-corrected chi connectivity index (χ4v) is 2.04. The van der Waals surface area contributed by atoms with Gasteiger partial charge in [0.15, 0.2) is 0 Å². The molecule has 0 radical (unpaired) electrons. The van der Waals surface area contributed by atoms with E-state index in [9.17, 15) is 0 Å². The normalized spacial score (nSPS) is 10.2. The highest BCUT2D eigenvalue weighted by molar-refractivity contribution is 9.10. The lowest BCUT2D eigenvalue weighted by Gasteiger charge is -2.08. The van der Waals surface area contributed by atoms with Gasteiger partial charge in [0.1, 0.15) is 5.75 Å². The van der Waals surface area contributed by atoms with E-state index in [-0.39, 0.29) is 0 Å². The first-order valence-electron chi connectivity index (χ1n) is 5.51. The van der Waals surface area contributed by atoms with Crippen molar-refractivity contribution in [2.24, 2.45) is 0 Å². The molecule has 0 saturated heterocycles. The van der Waals surface area contributed by atoms with E-state index in [0.717, 1.165) is 33.0 Å². The third-order valence-corrected chi connectivity index (χ3v) is 3.78. The Morgan fingerprint density at radius 3 is 2.78 bits per heavy atom. The predicted molar refractivity (Wildman–Crippen MR) is 79.5 cm³/mol. The van der Waals surface area contributed by atoms with E-state index in [2.05, 4.69) is 21.2 Å². The lowest BCUT2D eigenvalue weighted by atomic mass is 10.2. The van der Waals surface area contributed by atoms with Crippen LogP contribution in [-0.2, 0) is 6.54 Å². The third-order valence-electron chi connectivity index (χ3n) is 2.55. The molecule has 0 aliphatic carbocycles. The van der Waals surface area contributed by atoms with Crippen LogP contribution in [0.2, 0.25) is 5.02 Å². The zero-order chi connectivity index (χ0) is 13.0. The third kappa shape index (κ3) is 3.40. The highest BCUT2D eigenvalue weighted by Crippen LogP contribution is 2.24. The summed E-state index contributed by atoms with van der Waals surface area (Å²) >= 11 is 9.42. The number of methoxy groups -OCH3 is 1. The second kappa shape index (κ2) is 6.12. The molecular weight excluding hydrogens is 314 g/mol. The number of ether oxygens (including phenoxy) is 1. The molecule has 0 amide bonds. The quantitative estimate of drug-likeness (QED) is 0.877. The Morgan fingerprint density at radius 1 is 1.22 bits per heavy atom. The molecule has 2 aromatic rings. The first-order valence-corrected chi connectivity index (χ1v) is 6.68. The van der Waals surface area contributed by atoms with E-state index in [1.54, 1.807) is 7.11 Å². The van der Waals surface area contributed by atoms with Crippen LogP contribution in [0, 0.1) is 0 Å². The first kappa shape index (κ1) is 13.2. The zero-order valence-electron chi connectivity index (χ0n) is 9.91. The van der Waals surface area contributed by atoms with Crippen molar-refractivity contribution < 1.29 is 4.74 Å². The smallest absolute Gasteiger partial charge is 0.120 e. The second-order valence-corrected chi connectivity index (χ2v) is 5.10.